The van der Waals surface area contributed by atoms with Crippen molar-refractivity contribution in [1.29, 1.82) is 10.5 Å². The first-order chi connectivity index (χ1) is 22.5. The van der Waals surface area contributed by atoms with Crippen LogP contribution in [0.3, 0.4) is 0 Å². The third-order valence-electron chi connectivity index (χ3n) is 8.05. The van der Waals surface area contributed by atoms with Crippen molar-refractivity contribution in [2.45, 2.75) is 25.4 Å². The van der Waals surface area contributed by atoms with Gasteiger partial charge in [-0.2, -0.15) is 10.5 Å². The number of nitrogens with one attached hydrogen (secondary N) is 1. The van der Waals surface area contributed by atoms with Gasteiger partial charge in [0.15, 0.2) is 17.3 Å². The number of aromatic nitrogens is 9. The number of benzene rings is 1. The van der Waals surface area contributed by atoms with E-state index in [2.05, 4.69) is 53.6 Å². The van der Waals surface area contributed by atoms with E-state index >= 15 is 0 Å². The summed E-state index contributed by atoms with van der Waals surface area (Å²) in [6, 6.07) is 20.0. The molecule has 226 valence electrons. The fraction of sp³-hybridized carbons (Fsp3) is 0.219. The van der Waals surface area contributed by atoms with Crippen molar-refractivity contribution in [3.63, 3.8) is 0 Å². The second kappa shape index (κ2) is 12.0. The topological polar surface area (TPSA) is 189 Å². The lowest BCUT2D eigenvalue weighted by atomic mass is 10.0. The van der Waals surface area contributed by atoms with E-state index in [4.69, 9.17) is 21.0 Å². The minimum absolute atomic E-state index is 0.166. The van der Waals surface area contributed by atoms with Crippen LogP contribution >= 0.6 is 0 Å². The standard InChI is InChI=1S/C32H28N14/c1-44-19-38-43-32(44)28-21(16-33)15-25-31(42-28)46(30(40-25)24-3-2-11-37-29(24)35)23-6-4-20(5-7-23)18-45-13-9-22(10-14-45)39-26-8-12-36-27(17-34)41-26/h2-8,11-12,15,19,22H,9-10,13-14,18H2,1H3,(H2,35,37)(H,36,39,41). The fourth-order valence-electron chi connectivity index (χ4n) is 5.74. The zero-order chi connectivity index (χ0) is 31.6. The molecular weight excluding hydrogens is 580 g/mol. The Kier molecular flexibility index (Phi) is 7.46. The van der Waals surface area contributed by atoms with Gasteiger partial charge in [-0.3, -0.25) is 9.47 Å². The van der Waals surface area contributed by atoms with E-state index in [1.54, 1.807) is 35.4 Å². The lowest BCUT2D eigenvalue weighted by Crippen LogP contribution is -2.38. The zero-order valence-electron chi connectivity index (χ0n) is 24.9. The number of nitrogens with zero attached hydrogens (tertiary/aromatic N) is 12. The summed E-state index contributed by atoms with van der Waals surface area (Å²) in [6.45, 7) is 2.68. The molecule has 0 unspecified atom stereocenters. The third kappa shape index (κ3) is 5.45. The number of nitrogen functional groups attached to an aromatic ring is 1. The van der Waals surface area contributed by atoms with Crippen LogP contribution in [0.5, 0.6) is 0 Å². The molecule has 5 aromatic heterocycles. The summed E-state index contributed by atoms with van der Waals surface area (Å²) in [5.41, 5.74) is 10.9. The summed E-state index contributed by atoms with van der Waals surface area (Å²) in [7, 11) is 1.81. The third-order valence-corrected chi connectivity index (χ3v) is 8.05. The first-order valence-electron chi connectivity index (χ1n) is 14.7. The molecule has 1 saturated heterocycles. The van der Waals surface area contributed by atoms with Gasteiger partial charge in [0.1, 0.15) is 41.3 Å². The SMILES string of the molecule is Cn1cnnc1-c1nc2c(cc1C#N)nc(-c1cccnc1N)n2-c1ccc(CN2CCC(Nc3ccnc(C#N)n3)CC2)cc1. The van der Waals surface area contributed by atoms with Crippen LogP contribution < -0.4 is 11.1 Å². The maximum atomic E-state index is 9.95. The molecule has 0 radical (unpaired) electrons. The van der Waals surface area contributed by atoms with Crippen LogP contribution in [-0.4, -0.2) is 68.3 Å². The van der Waals surface area contributed by atoms with E-state index in [9.17, 15) is 5.26 Å². The molecular formula is C32H28N14. The number of imidazole rings is 1. The fourth-order valence-corrected chi connectivity index (χ4v) is 5.74. The van der Waals surface area contributed by atoms with Gasteiger partial charge < -0.3 is 15.6 Å². The van der Waals surface area contributed by atoms with Crippen LogP contribution in [0.2, 0.25) is 0 Å². The van der Waals surface area contributed by atoms with E-state index in [1.165, 1.54) is 5.56 Å². The van der Waals surface area contributed by atoms with E-state index in [-0.39, 0.29) is 11.9 Å². The van der Waals surface area contributed by atoms with Gasteiger partial charge in [-0.05, 0) is 54.8 Å². The summed E-state index contributed by atoms with van der Waals surface area (Å²) in [5, 5.41) is 30.6. The molecule has 14 nitrogen and oxygen atoms in total. The average molecular weight is 609 g/mol. The monoisotopic (exact) mass is 608 g/mol. The second-order valence-electron chi connectivity index (χ2n) is 11.1. The highest BCUT2D eigenvalue weighted by molar-refractivity contribution is 5.86. The Balaban J connectivity index is 1.16. The molecule has 6 heterocycles. The van der Waals surface area contributed by atoms with Crippen molar-refractivity contribution in [2.24, 2.45) is 7.05 Å². The number of likely N-dealkylation sites (tertiary alicyclic amines) is 1. The lowest BCUT2D eigenvalue weighted by Gasteiger charge is -2.32. The normalized spacial score (nSPS) is 13.8. The van der Waals surface area contributed by atoms with Gasteiger partial charge in [0.25, 0.3) is 0 Å². The molecule has 1 aliphatic rings. The minimum Gasteiger partial charge on any atom is -0.383 e. The van der Waals surface area contributed by atoms with Gasteiger partial charge in [-0.15, -0.1) is 10.2 Å². The quantitative estimate of drug-likeness (QED) is 0.269. The van der Waals surface area contributed by atoms with Crippen molar-refractivity contribution in [3.8, 4) is 40.7 Å². The molecule has 0 spiro atoms. The van der Waals surface area contributed by atoms with Gasteiger partial charge in [0, 0.05) is 50.8 Å². The van der Waals surface area contributed by atoms with E-state index in [1.807, 2.05) is 41.9 Å². The van der Waals surface area contributed by atoms with Crippen LogP contribution in [0.1, 0.15) is 29.8 Å². The first kappa shape index (κ1) is 28.5. The molecule has 1 fully saturated rings. The summed E-state index contributed by atoms with van der Waals surface area (Å²) >= 11 is 0. The average Bonchev–Trinajstić information content (AvgIpc) is 3.68. The molecule has 0 atom stereocenters. The highest BCUT2D eigenvalue weighted by atomic mass is 15.3. The number of fused-ring (bicyclic) bond motifs is 1. The van der Waals surface area contributed by atoms with Crippen molar-refractivity contribution >= 4 is 22.8 Å². The Morgan fingerprint density at radius 1 is 0.957 bits per heavy atom. The summed E-state index contributed by atoms with van der Waals surface area (Å²) < 4.78 is 3.67. The predicted octanol–water partition coefficient (Wildman–Crippen LogP) is 3.47. The van der Waals surface area contributed by atoms with Gasteiger partial charge in [-0.1, -0.05) is 12.1 Å². The number of pyridine rings is 2. The molecule has 46 heavy (non-hydrogen) atoms. The molecule has 6 aromatic rings. The lowest BCUT2D eigenvalue weighted by molar-refractivity contribution is 0.211. The molecule has 3 N–H and O–H groups in total. The highest BCUT2D eigenvalue weighted by Crippen LogP contribution is 2.33. The molecule has 7 rings (SSSR count). The second-order valence-corrected chi connectivity index (χ2v) is 11.1. The van der Waals surface area contributed by atoms with Crippen molar-refractivity contribution in [2.75, 3.05) is 24.1 Å². The van der Waals surface area contributed by atoms with Gasteiger partial charge in [0.2, 0.25) is 5.82 Å². The number of anilines is 2. The van der Waals surface area contributed by atoms with Crippen LogP contribution in [0.4, 0.5) is 11.6 Å². The molecule has 14 heteroatoms. The molecule has 0 aliphatic carbocycles. The Hall–Kier alpha value is -6.25. The number of hydrogen-bond donors (Lipinski definition) is 2. The van der Waals surface area contributed by atoms with Crippen molar-refractivity contribution in [3.05, 3.63) is 84.2 Å². The number of nitriles is 2. The molecule has 1 aliphatic heterocycles. The Morgan fingerprint density at radius 2 is 1.78 bits per heavy atom. The number of rotatable bonds is 7. The van der Waals surface area contributed by atoms with Crippen molar-refractivity contribution in [1.82, 2.24) is 49.2 Å². The van der Waals surface area contributed by atoms with E-state index in [0.29, 0.717) is 51.3 Å². The predicted molar refractivity (Wildman–Crippen MR) is 170 cm³/mol. The number of piperidine rings is 1. The van der Waals surface area contributed by atoms with Gasteiger partial charge >= 0.3 is 0 Å². The molecule has 0 amide bonds. The zero-order valence-corrected chi connectivity index (χ0v) is 24.9. The number of hydrogen-bond acceptors (Lipinski definition) is 12. The first-order valence-corrected chi connectivity index (χ1v) is 14.7. The van der Waals surface area contributed by atoms with Crippen LogP contribution in [-0.2, 0) is 13.6 Å². The van der Waals surface area contributed by atoms with Gasteiger partial charge in [-0.25, -0.2) is 24.9 Å². The van der Waals surface area contributed by atoms with Crippen LogP contribution in [0.15, 0.2) is 67.3 Å². The van der Waals surface area contributed by atoms with E-state index in [0.717, 1.165) is 38.2 Å². The number of nitrogens with two attached hydrogens (primary N) is 1. The van der Waals surface area contributed by atoms with Gasteiger partial charge in [0.05, 0.1) is 11.1 Å². The minimum atomic E-state index is 0.166. The van der Waals surface area contributed by atoms with Crippen molar-refractivity contribution < 1.29 is 0 Å². The summed E-state index contributed by atoms with van der Waals surface area (Å²) in [5.74, 6) is 2.24. The molecule has 0 saturated carbocycles. The Morgan fingerprint density at radius 3 is 2.50 bits per heavy atom. The summed E-state index contributed by atoms with van der Waals surface area (Å²) in [4.78, 5) is 24.7. The Labute approximate surface area is 263 Å². The Bertz CT molecular complexity index is 2130. The maximum absolute atomic E-state index is 9.95. The highest BCUT2D eigenvalue weighted by Gasteiger charge is 2.23. The van der Waals surface area contributed by atoms with E-state index < -0.39 is 0 Å². The summed E-state index contributed by atoms with van der Waals surface area (Å²) in [6.07, 6.45) is 6.74. The van der Waals surface area contributed by atoms with Crippen LogP contribution in [0.25, 0.3) is 39.8 Å². The largest absolute Gasteiger partial charge is 0.383 e. The van der Waals surface area contributed by atoms with Crippen LogP contribution in [0, 0.1) is 22.7 Å². The molecule has 1 aromatic carbocycles. The number of aryl methyl sites for hydroxylation is 1. The smallest absolute Gasteiger partial charge is 0.234 e. The maximum Gasteiger partial charge on any atom is 0.234 e. The molecule has 0 bridgehead atoms.